The maximum atomic E-state index is 14.3. The van der Waals surface area contributed by atoms with Crippen LogP contribution in [0.2, 0.25) is 0 Å². The van der Waals surface area contributed by atoms with Gasteiger partial charge in [0.05, 0.1) is 35.1 Å². The zero-order valence-electron chi connectivity index (χ0n) is 36.2. The molecule has 0 bridgehead atoms. The number of hydrogen-bond acceptors (Lipinski definition) is 13. The monoisotopic (exact) mass is 885 g/mol. The minimum absolute atomic E-state index is 0.0353. The van der Waals surface area contributed by atoms with Gasteiger partial charge in [-0.3, -0.25) is 9.59 Å². The number of carbonyl (C=O) groups excluding carboxylic acids is 3. The Bertz CT molecular complexity index is 2430. The molecule has 1 unspecified atom stereocenters. The number of cyclic esters (lactones) is 1. The van der Waals surface area contributed by atoms with Crippen molar-refractivity contribution in [3.63, 3.8) is 0 Å². The van der Waals surface area contributed by atoms with Gasteiger partial charge in [-0.05, 0) is 80.4 Å². The van der Waals surface area contributed by atoms with E-state index in [2.05, 4.69) is 16.0 Å². The first-order valence-electron chi connectivity index (χ1n) is 21.4. The van der Waals surface area contributed by atoms with E-state index in [0.29, 0.717) is 42.2 Å². The van der Waals surface area contributed by atoms with Crippen LogP contribution in [0.25, 0.3) is 22.3 Å². The Morgan fingerprint density at radius 2 is 1.78 bits per heavy atom. The maximum absolute atomic E-state index is 14.3. The van der Waals surface area contributed by atoms with Crippen molar-refractivity contribution in [2.75, 3.05) is 12.4 Å². The number of fused-ring (bicyclic) bond motifs is 5. The van der Waals surface area contributed by atoms with Crippen molar-refractivity contribution in [3.8, 4) is 17.1 Å². The topological polar surface area (TPSA) is 209 Å². The Morgan fingerprint density at radius 1 is 1.03 bits per heavy atom. The number of unbranched alkanes of at least 4 members (excludes halogenated alkanes) is 2. The highest BCUT2D eigenvalue weighted by molar-refractivity contribution is 7.80. The summed E-state index contributed by atoms with van der Waals surface area (Å²) in [6.07, 6.45) is -2.05. The Morgan fingerprint density at radius 3 is 2.48 bits per heavy atom. The number of carbonyl (C=O) groups is 3. The van der Waals surface area contributed by atoms with Crippen molar-refractivity contribution >= 4 is 51.8 Å². The zero-order chi connectivity index (χ0) is 45.2. The molecule has 0 radical (unpaired) electrons. The standard InChI is InChI=1S/C46H55N5O11S/c1-7-9-10-15-33(49-45(63)47-28-16-18-29(19-17-28)61-43-38(53)39(58-6)37(52)25(5)60-43)40(54)50-35(24(3)4)42(56)62-46(8-2)31-21-34-36-27(20-26-13-11-12-14-32(26)48-36)22-51(34)41(55)30(31)23-59-44(46)57/h11-14,16-21,24-25,33,35,37-39,43,52-53H,7-10,15,22-23H2,1-6H3,(H,50,54)(H2,47,49,63)/t25-,33-,35-,37+,38-,39+,43?,46-/m0/s1. The van der Waals surface area contributed by atoms with Crippen LogP contribution in [-0.4, -0.2) is 92.6 Å². The number of benzene rings is 2. The SMILES string of the molecule is CCCCC[C@H](NC(=S)Nc1ccc(OC2O[C@@H](C)[C@@H](O)[C@@H](OC)[C@@H]2O)cc1)C(=O)N[C@H](C(=O)O[C@]1(CC)C(=O)OCc2c1cc1n(c2=O)Cc2cc3ccccc3nc2-1)C(C)C. The van der Waals surface area contributed by atoms with Gasteiger partial charge in [-0.2, -0.15) is 0 Å². The maximum Gasteiger partial charge on any atom is 0.355 e. The van der Waals surface area contributed by atoms with Crippen molar-refractivity contribution < 1.29 is 48.3 Å². The van der Waals surface area contributed by atoms with Crippen LogP contribution < -0.4 is 26.2 Å². The lowest BCUT2D eigenvalue weighted by atomic mass is 9.85. The molecule has 5 N–H and O–H groups in total. The Kier molecular flexibility index (Phi) is 13.8. The van der Waals surface area contributed by atoms with Crippen LogP contribution in [-0.2, 0) is 52.1 Å². The van der Waals surface area contributed by atoms with Gasteiger partial charge in [-0.1, -0.05) is 65.2 Å². The number of ether oxygens (including phenoxy) is 5. The predicted octanol–water partition coefficient (Wildman–Crippen LogP) is 4.57. The van der Waals surface area contributed by atoms with E-state index in [9.17, 15) is 29.4 Å². The van der Waals surface area contributed by atoms with Crippen molar-refractivity contribution in [3.05, 3.63) is 87.7 Å². The highest BCUT2D eigenvalue weighted by Gasteiger charge is 2.52. The first kappa shape index (κ1) is 45.6. The van der Waals surface area contributed by atoms with E-state index in [4.69, 9.17) is 40.9 Å². The second kappa shape index (κ2) is 19.1. The van der Waals surface area contributed by atoms with Gasteiger partial charge in [0.15, 0.2) is 5.11 Å². The number of rotatable bonds is 15. The second-order valence-electron chi connectivity index (χ2n) is 16.6. The van der Waals surface area contributed by atoms with Gasteiger partial charge in [-0.25, -0.2) is 14.6 Å². The summed E-state index contributed by atoms with van der Waals surface area (Å²) in [4.78, 5) is 61.1. The molecule has 0 saturated carbocycles. The molecule has 16 nitrogen and oxygen atoms in total. The van der Waals surface area contributed by atoms with E-state index >= 15 is 0 Å². The number of aliphatic hydroxyl groups excluding tert-OH is 2. The fourth-order valence-corrected chi connectivity index (χ4v) is 8.65. The van der Waals surface area contributed by atoms with Crippen molar-refractivity contribution in [2.24, 2.45) is 5.92 Å². The third-order valence-corrected chi connectivity index (χ3v) is 12.2. The molecule has 7 rings (SSSR count). The zero-order valence-corrected chi connectivity index (χ0v) is 37.0. The number of anilines is 1. The number of para-hydroxylation sites is 1. The molecule has 3 aliphatic rings. The van der Waals surface area contributed by atoms with Gasteiger partial charge in [-0.15, -0.1) is 0 Å². The smallest absolute Gasteiger partial charge is 0.355 e. The normalized spacial score (nSPS) is 23.4. The molecule has 2 aromatic heterocycles. The van der Waals surface area contributed by atoms with Gasteiger partial charge in [0.1, 0.15) is 42.8 Å². The third kappa shape index (κ3) is 9.15. The van der Waals surface area contributed by atoms with Crippen LogP contribution in [0.5, 0.6) is 5.75 Å². The minimum Gasteiger partial charge on any atom is -0.462 e. The van der Waals surface area contributed by atoms with E-state index in [1.54, 1.807) is 62.6 Å². The molecular formula is C46H55N5O11S. The first-order chi connectivity index (χ1) is 30.2. The van der Waals surface area contributed by atoms with Gasteiger partial charge in [0.2, 0.25) is 17.8 Å². The lowest BCUT2D eigenvalue weighted by Crippen LogP contribution is -2.59. The molecule has 0 spiro atoms. The van der Waals surface area contributed by atoms with E-state index in [-0.39, 0.29) is 34.8 Å². The summed E-state index contributed by atoms with van der Waals surface area (Å²) in [6, 6.07) is 16.0. The number of esters is 2. The average Bonchev–Trinajstić information content (AvgIpc) is 3.62. The van der Waals surface area contributed by atoms with Crippen LogP contribution >= 0.6 is 12.2 Å². The molecule has 4 aromatic rings. The number of aliphatic hydroxyl groups is 2. The van der Waals surface area contributed by atoms with E-state index in [0.717, 1.165) is 29.3 Å². The number of methoxy groups -OCH3 is 1. The van der Waals surface area contributed by atoms with Crippen LogP contribution in [0.4, 0.5) is 5.69 Å². The molecule has 1 amide bonds. The summed E-state index contributed by atoms with van der Waals surface area (Å²) in [7, 11) is 1.39. The van der Waals surface area contributed by atoms with E-state index in [1.165, 1.54) is 7.11 Å². The Balaban J connectivity index is 1.06. The van der Waals surface area contributed by atoms with Crippen LogP contribution in [0, 0.1) is 5.92 Å². The number of nitrogens with zero attached hydrogens (tertiary/aromatic N) is 2. The molecule has 0 aliphatic carbocycles. The molecule has 63 heavy (non-hydrogen) atoms. The van der Waals surface area contributed by atoms with Crippen molar-refractivity contribution in [1.29, 1.82) is 0 Å². The summed E-state index contributed by atoms with van der Waals surface area (Å²) in [5, 5.41) is 31.1. The summed E-state index contributed by atoms with van der Waals surface area (Å²) < 4.78 is 30.1. The summed E-state index contributed by atoms with van der Waals surface area (Å²) in [6.45, 7) is 8.91. The molecule has 1 fully saturated rings. The number of hydrogen-bond donors (Lipinski definition) is 5. The summed E-state index contributed by atoms with van der Waals surface area (Å²) in [5.74, 6) is -2.26. The Hall–Kier alpha value is -5.46. The third-order valence-electron chi connectivity index (χ3n) is 12.0. The predicted molar refractivity (Wildman–Crippen MR) is 237 cm³/mol. The molecular weight excluding hydrogens is 831 g/mol. The quantitative estimate of drug-likeness (QED) is 0.0555. The number of thiocarbonyl (C=S) groups is 1. The van der Waals surface area contributed by atoms with Crippen LogP contribution in [0.3, 0.4) is 0 Å². The molecule has 5 heterocycles. The number of pyridine rings is 2. The van der Waals surface area contributed by atoms with Crippen LogP contribution in [0.1, 0.15) is 83.4 Å². The largest absolute Gasteiger partial charge is 0.462 e. The van der Waals surface area contributed by atoms with Gasteiger partial charge < -0.3 is 54.4 Å². The summed E-state index contributed by atoms with van der Waals surface area (Å²) >= 11 is 5.64. The highest BCUT2D eigenvalue weighted by atomic mass is 32.1. The fourth-order valence-electron chi connectivity index (χ4n) is 8.39. The van der Waals surface area contributed by atoms with Crippen molar-refractivity contribution in [1.82, 2.24) is 20.2 Å². The highest BCUT2D eigenvalue weighted by Crippen LogP contribution is 2.41. The molecule has 3 aliphatic heterocycles. The molecule has 2 aromatic carbocycles. The molecule has 8 atom stereocenters. The van der Waals surface area contributed by atoms with Crippen LogP contribution in [0.15, 0.2) is 65.5 Å². The summed E-state index contributed by atoms with van der Waals surface area (Å²) in [5.41, 5.74) is 1.44. The number of amides is 1. The van der Waals surface area contributed by atoms with Gasteiger partial charge >= 0.3 is 11.9 Å². The van der Waals surface area contributed by atoms with Gasteiger partial charge in [0, 0.05) is 29.3 Å². The minimum atomic E-state index is -1.96. The second-order valence-corrected chi connectivity index (χ2v) is 17.0. The lowest BCUT2D eigenvalue weighted by Gasteiger charge is -2.40. The molecule has 1 saturated heterocycles. The average molecular weight is 886 g/mol. The first-order valence-corrected chi connectivity index (χ1v) is 21.9. The van der Waals surface area contributed by atoms with Crippen molar-refractivity contribution in [2.45, 2.75) is 128 Å². The molecule has 336 valence electrons. The molecule has 17 heteroatoms. The van der Waals surface area contributed by atoms with E-state index < -0.39 is 72.2 Å². The lowest BCUT2D eigenvalue weighted by molar-refractivity contribution is -0.272. The Labute approximate surface area is 370 Å². The number of aromatic nitrogens is 2. The fraction of sp³-hybridized carbons (Fsp3) is 0.478. The van der Waals surface area contributed by atoms with Gasteiger partial charge in [0.25, 0.3) is 5.56 Å². The van der Waals surface area contributed by atoms with E-state index in [1.807, 2.05) is 37.3 Å². The number of nitrogens with one attached hydrogen (secondary N) is 3.